The van der Waals surface area contributed by atoms with Gasteiger partial charge in [0.1, 0.15) is 0 Å². The molecule has 4 aromatic carbocycles. The molecule has 0 heterocycles. The van der Waals surface area contributed by atoms with Gasteiger partial charge in [-0.1, -0.05) is 48.5 Å². The van der Waals surface area contributed by atoms with Crippen LogP contribution >= 0.6 is 0 Å². The molecule has 4 aromatic rings. The van der Waals surface area contributed by atoms with Crippen molar-refractivity contribution < 1.29 is 0 Å². The van der Waals surface area contributed by atoms with Crippen LogP contribution in [0.2, 0.25) is 0 Å². The molecule has 29 heavy (non-hydrogen) atoms. The van der Waals surface area contributed by atoms with Crippen molar-refractivity contribution in [1.82, 2.24) is 0 Å². The van der Waals surface area contributed by atoms with E-state index in [9.17, 15) is 0 Å². The summed E-state index contributed by atoms with van der Waals surface area (Å²) >= 11 is 0. The number of anilines is 4. The van der Waals surface area contributed by atoms with Gasteiger partial charge in [0.25, 0.3) is 0 Å². The molecule has 0 aliphatic rings. The summed E-state index contributed by atoms with van der Waals surface area (Å²) in [6.07, 6.45) is 0. The Hall–Kier alpha value is -3.70. The second-order valence-corrected chi connectivity index (χ2v) is 11.1. The molecular weight excluding hydrogens is 372 g/mol. The standard InChI is InChI=1S/C24H24N4Si/c25-17-5-1-9-21(13-17)29(22-10-2-6-18(26)14-22,23-11-3-7-19(27)15-23)24-12-4-8-20(28)16-24/h1-16H,25-28H2. The van der Waals surface area contributed by atoms with E-state index in [0.717, 1.165) is 43.5 Å². The second kappa shape index (κ2) is 7.37. The lowest BCUT2D eigenvalue weighted by Crippen LogP contribution is -2.74. The van der Waals surface area contributed by atoms with Gasteiger partial charge in [-0.2, -0.15) is 0 Å². The minimum absolute atomic E-state index is 0.719. The summed E-state index contributed by atoms with van der Waals surface area (Å²) in [5, 5.41) is 4.61. The minimum atomic E-state index is -2.75. The lowest BCUT2D eigenvalue weighted by molar-refractivity contribution is 1.64. The van der Waals surface area contributed by atoms with Crippen LogP contribution in [0.5, 0.6) is 0 Å². The smallest absolute Gasteiger partial charge is 0.179 e. The molecule has 0 amide bonds. The lowest BCUT2D eigenvalue weighted by Gasteiger charge is -2.35. The highest BCUT2D eigenvalue weighted by Gasteiger charge is 2.42. The summed E-state index contributed by atoms with van der Waals surface area (Å²) in [6, 6.07) is 32.4. The van der Waals surface area contributed by atoms with Crippen LogP contribution in [-0.4, -0.2) is 8.07 Å². The van der Waals surface area contributed by atoms with Gasteiger partial charge < -0.3 is 22.9 Å². The average molecular weight is 397 g/mol. The summed E-state index contributed by atoms with van der Waals surface area (Å²) in [5.41, 5.74) is 27.8. The molecule has 4 nitrogen and oxygen atoms in total. The maximum Gasteiger partial charge on any atom is 0.179 e. The summed E-state index contributed by atoms with van der Waals surface area (Å²) in [6.45, 7) is 0. The van der Waals surface area contributed by atoms with E-state index in [2.05, 4.69) is 48.5 Å². The number of hydrogen-bond acceptors (Lipinski definition) is 4. The molecule has 0 saturated carbocycles. The maximum absolute atomic E-state index is 6.23. The topological polar surface area (TPSA) is 104 Å². The first-order valence-electron chi connectivity index (χ1n) is 9.44. The predicted octanol–water partition coefficient (Wildman–Crippen LogP) is 1.39. The predicted molar refractivity (Wildman–Crippen MR) is 128 cm³/mol. The molecule has 0 atom stereocenters. The van der Waals surface area contributed by atoms with E-state index in [1.165, 1.54) is 0 Å². The van der Waals surface area contributed by atoms with Crippen LogP contribution in [0.15, 0.2) is 97.1 Å². The molecule has 0 aromatic heterocycles. The van der Waals surface area contributed by atoms with E-state index in [1.54, 1.807) is 0 Å². The second-order valence-electron chi connectivity index (χ2n) is 7.25. The Morgan fingerprint density at radius 1 is 0.379 bits per heavy atom. The van der Waals surface area contributed by atoms with Crippen molar-refractivity contribution in [2.24, 2.45) is 0 Å². The summed E-state index contributed by atoms with van der Waals surface area (Å²) in [4.78, 5) is 0. The van der Waals surface area contributed by atoms with Crippen LogP contribution in [0.25, 0.3) is 0 Å². The van der Waals surface area contributed by atoms with Crippen LogP contribution in [0.3, 0.4) is 0 Å². The van der Waals surface area contributed by atoms with Crippen molar-refractivity contribution in [3.63, 3.8) is 0 Å². The van der Waals surface area contributed by atoms with Crippen molar-refractivity contribution in [2.45, 2.75) is 0 Å². The fourth-order valence-electron chi connectivity index (χ4n) is 4.09. The van der Waals surface area contributed by atoms with Gasteiger partial charge in [-0.05, 0) is 69.3 Å². The molecule has 4 rings (SSSR count). The van der Waals surface area contributed by atoms with Crippen molar-refractivity contribution in [3.8, 4) is 0 Å². The third-order valence-electron chi connectivity index (χ3n) is 5.28. The summed E-state index contributed by atoms with van der Waals surface area (Å²) in [5.74, 6) is 0. The largest absolute Gasteiger partial charge is 0.399 e. The molecule has 5 heteroatoms. The molecule has 0 saturated heterocycles. The van der Waals surface area contributed by atoms with Crippen LogP contribution in [-0.2, 0) is 0 Å². The van der Waals surface area contributed by atoms with Gasteiger partial charge >= 0.3 is 0 Å². The van der Waals surface area contributed by atoms with E-state index in [0.29, 0.717) is 0 Å². The lowest BCUT2D eigenvalue weighted by atomic mass is 10.3. The number of rotatable bonds is 4. The van der Waals surface area contributed by atoms with Crippen LogP contribution in [0.1, 0.15) is 0 Å². The minimum Gasteiger partial charge on any atom is -0.399 e. The maximum atomic E-state index is 6.23. The number of benzene rings is 4. The van der Waals surface area contributed by atoms with Gasteiger partial charge in [-0.3, -0.25) is 0 Å². The Balaban J connectivity index is 2.19. The Morgan fingerprint density at radius 2 is 0.621 bits per heavy atom. The monoisotopic (exact) mass is 396 g/mol. The summed E-state index contributed by atoms with van der Waals surface area (Å²) < 4.78 is 0. The molecule has 0 fully saturated rings. The Kier molecular flexibility index (Phi) is 4.74. The molecule has 0 radical (unpaired) electrons. The van der Waals surface area contributed by atoms with Crippen LogP contribution in [0.4, 0.5) is 22.7 Å². The Labute approximate surface area is 171 Å². The van der Waals surface area contributed by atoms with Gasteiger partial charge in [-0.25, -0.2) is 0 Å². The highest BCUT2D eigenvalue weighted by atomic mass is 28.3. The molecule has 0 aliphatic heterocycles. The molecule has 0 spiro atoms. The normalized spacial score (nSPS) is 11.3. The molecule has 8 N–H and O–H groups in total. The van der Waals surface area contributed by atoms with Crippen LogP contribution in [0, 0.1) is 0 Å². The molecule has 144 valence electrons. The van der Waals surface area contributed by atoms with Gasteiger partial charge in [0, 0.05) is 22.7 Å². The molecule has 0 aliphatic carbocycles. The van der Waals surface area contributed by atoms with E-state index >= 15 is 0 Å². The van der Waals surface area contributed by atoms with E-state index in [4.69, 9.17) is 22.9 Å². The van der Waals surface area contributed by atoms with Crippen LogP contribution < -0.4 is 43.7 Å². The zero-order valence-electron chi connectivity index (χ0n) is 16.0. The molecule has 0 bridgehead atoms. The number of hydrogen-bond donors (Lipinski definition) is 4. The van der Waals surface area contributed by atoms with E-state index < -0.39 is 8.07 Å². The zero-order chi connectivity index (χ0) is 20.4. The summed E-state index contributed by atoms with van der Waals surface area (Å²) in [7, 11) is -2.75. The van der Waals surface area contributed by atoms with Crippen molar-refractivity contribution in [1.29, 1.82) is 0 Å². The SMILES string of the molecule is Nc1cccc([Si](c2cccc(N)c2)(c2cccc(N)c2)c2cccc(N)c2)c1. The van der Waals surface area contributed by atoms with Gasteiger partial charge in [0.2, 0.25) is 0 Å². The van der Waals surface area contributed by atoms with Gasteiger partial charge in [0.05, 0.1) is 0 Å². The molecule has 0 unspecified atom stereocenters. The highest BCUT2D eigenvalue weighted by molar-refractivity contribution is 7.20. The first kappa shape index (κ1) is 18.7. The third kappa shape index (κ3) is 3.32. The zero-order valence-corrected chi connectivity index (χ0v) is 17.0. The average Bonchev–Trinajstić information content (AvgIpc) is 2.69. The van der Waals surface area contributed by atoms with E-state index in [1.807, 2.05) is 48.5 Å². The first-order chi connectivity index (χ1) is 14.0. The van der Waals surface area contributed by atoms with Gasteiger partial charge in [-0.15, -0.1) is 0 Å². The highest BCUT2D eigenvalue weighted by Crippen LogP contribution is 2.15. The fraction of sp³-hybridized carbons (Fsp3) is 0. The quantitative estimate of drug-likeness (QED) is 0.238. The Bertz CT molecular complexity index is 985. The van der Waals surface area contributed by atoms with Crippen molar-refractivity contribution in [3.05, 3.63) is 97.1 Å². The fourth-order valence-corrected chi connectivity index (χ4v) is 9.01. The molecular formula is C24H24N4Si. The van der Waals surface area contributed by atoms with Gasteiger partial charge in [0.15, 0.2) is 8.07 Å². The van der Waals surface area contributed by atoms with Crippen molar-refractivity contribution in [2.75, 3.05) is 22.9 Å². The van der Waals surface area contributed by atoms with Crippen molar-refractivity contribution >= 4 is 51.6 Å². The first-order valence-corrected chi connectivity index (χ1v) is 11.4. The Morgan fingerprint density at radius 3 is 0.828 bits per heavy atom. The van der Waals surface area contributed by atoms with E-state index in [-0.39, 0.29) is 0 Å². The third-order valence-corrected chi connectivity index (χ3v) is 9.99. The number of nitrogen functional groups attached to an aromatic ring is 4. The number of nitrogens with two attached hydrogens (primary N) is 4.